The van der Waals surface area contributed by atoms with Gasteiger partial charge in [0.25, 0.3) is 5.91 Å². The molecule has 0 heterocycles. The molecule has 5 heteroatoms. The fourth-order valence-corrected chi connectivity index (χ4v) is 3.02. The first-order valence-corrected chi connectivity index (χ1v) is 7.51. The SMILES string of the molecule is CN(Cc1ccc(F)cc1)C(=O)c1ccc(Br)cc1Br. The summed E-state index contributed by atoms with van der Waals surface area (Å²) in [6.07, 6.45) is 0. The molecule has 0 atom stereocenters. The number of rotatable bonds is 3. The second-order valence-electron chi connectivity index (χ2n) is 4.41. The van der Waals surface area contributed by atoms with Crippen molar-refractivity contribution in [1.29, 1.82) is 0 Å². The maximum Gasteiger partial charge on any atom is 0.255 e. The van der Waals surface area contributed by atoms with E-state index in [2.05, 4.69) is 31.9 Å². The van der Waals surface area contributed by atoms with Gasteiger partial charge >= 0.3 is 0 Å². The quantitative estimate of drug-likeness (QED) is 0.735. The summed E-state index contributed by atoms with van der Waals surface area (Å²) in [6.45, 7) is 0.432. The van der Waals surface area contributed by atoms with Gasteiger partial charge < -0.3 is 4.90 Å². The van der Waals surface area contributed by atoms with E-state index in [4.69, 9.17) is 0 Å². The Kier molecular flexibility index (Phi) is 4.94. The van der Waals surface area contributed by atoms with Crippen molar-refractivity contribution in [2.75, 3.05) is 7.05 Å². The van der Waals surface area contributed by atoms with E-state index in [0.29, 0.717) is 12.1 Å². The largest absolute Gasteiger partial charge is 0.337 e. The van der Waals surface area contributed by atoms with Gasteiger partial charge in [-0.3, -0.25) is 4.79 Å². The number of benzene rings is 2. The highest BCUT2D eigenvalue weighted by Crippen LogP contribution is 2.23. The van der Waals surface area contributed by atoms with Crippen LogP contribution in [0.2, 0.25) is 0 Å². The van der Waals surface area contributed by atoms with E-state index in [-0.39, 0.29) is 11.7 Å². The van der Waals surface area contributed by atoms with Crippen molar-refractivity contribution in [2.45, 2.75) is 6.54 Å². The molecular weight excluding hydrogens is 389 g/mol. The van der Waals surface area contributed by atoms with Gasteiger partial charge in [0.1, 0.15) is 5.82 Å². The van der Waals surface area contributed by atoms with Crippen LogP contribution in [0.15, 0.2) is 51.4 Å². The smallest absolute Gasteiger partial charge is 0.255 e. The Balaban J connectivity index is 2.14. The second-order valence-corrected chi connectivity index (χ2v) is 6.18. The third-order valence-electron chi connectivity index (χ3n) is 2.84. The second kappa shape index (κ2) is 6.50. The van der Waals surface area contributed by atoms with Crippen molar-refractivity contribution in [3.63, 3.8) is 0 Å². The summed E-state index contributed by atoms with van der Waals surface area (Å²) in [7, 11) is 1.72. The molecule has 0 saturated carbocycles. The van der Waals surface area contributed by atoms with Gasteiger partial charge in [0.2, 0.25) is 0 Å². The molecule has 0 saturated heterocycles. The van der Waals surface area contributed by atoms with Crippen molar-refractivity contribution in [3.05, 3.63) is 68.4 Å². The first-order valence-electron chi connectivity index (χ1n) is 5.92. The molecule has 0 radical (unpaired) electrons. The summed E-state index contributed by atoms with van der Waals surface area (Å²) >= 11 is 6.74. The van der Waals surface area contributed by atoms with Gasteiger partial charge in [0.15, 0.2) is 0 Å². The Hall–Kier alpha value is -1.20. The standard InChI is InChI=1S/C15H12Br2FNO/c1-19(9-10-2-5-12(18)6-3-10)15(20)13-7-4-11(16)8-14(13)17/h2-8H,9H2,1H3. The lowest BCUT2D eigenvalue weighted by atomic mass is 10.1. The van der Waals surface area contributed by atoms with Crippen LogP contribution in [0.4, 0.5) is 4.39 Å². The van der Waals surface area contributed by atoms with Gasteiger partial charge in [-0.1, -0.05) is 28.1 Å². The van der Waals surface area contributed by atoms with Gasteiger partial charge in [-0.2, -0.15) is 0 Å². The third-order valence-corrected chi connectivity index (χ3v) is 3.99. The number of halogens is 3. The van der Waals surface area contributed by atoms with E-state index in [1.54, 1.807) is 30.1 Å². The molecule has 0 spiro atoms. The van der Waals surface area contributed by atoms with Crippen LogP contribution in [0.5, 0.6) is 0 Å². The molecule has 1 amide bonds. The fourth-order valence-electron chi connectivity index (χ4n) is 1.80. The molecule has 104 valence electrons. The minimum atomic E-state index is -0.279. The van der Waals surface area contributed by atoms with E-state index in [1.165, 1.54) is 12.1 Å². The van der Waals surface area contributed by atoms with E-state index >= 15 is 0 Å². The number of carbonyl (C=O) groups is 1. The molecule has 0 N–H and O–H groups in total. The number of nitrogens with zero attached hydrogens (tertiary/aromatic N) is 1. The van der Waals surface area contributed by atoms with E-state index < -0.39 is 0 Å². The van der Waals surface area contributed by atoms with Crippen LogP contribution >= 0.6 is 31.9 Å². The molecule has 0 aliphatic carbocycles. The van der Waals surface area contributed by atoms with Crippen LogP contribution in [0.25, 0.3) is 0 Å². The Morgan fingerprint density at radius 2 is 1.80 bits per heavy atom. The minimum absolute atomic E-state index is 0.0892. The maximum absolute atomic E-state index is 12.8. The molecule has 2 rings (SSSR count). The van der Waals surface area contributed by atoms with Gasteiger partial charge in [-0.05, 0) is 51.8 Å². The molecule has 0 aliphatic heterocycles. The third kappa shape index (κ3) is 3.67. The van der Waals surface area contributed by atoms with Crippen molar-refractivity contribution < 1.29 is 9.18 Å². The molecule has 0 bridgehead atoms. The van der Waals surface area contributed by atoms with Gasteiger partial charge in [0.05, 0.1) is 5.56 Å². The van der Waals surface area contributed by atoms with Crippen LogP contribution in [0.1, 0.15) is 15.9 Å². The fraction of sp³-hybridized carbons (Fsp3) is 0.133. The van der Waals surface area contributed by atoms with Crippen molar-refractivity contribution in [1.82, 2.24) is 4.90 Å². The Morgan fingerprint density at radius 1 is 1.15 bits per heavy atom. The number of carbonyl (C=O) groups excluding carboxylic acids is 1. The summed E-state index contributed by atoms with van der Waals surface area (Å²) < 4.78 is 14.5. The molecule has 20 heavy (non-hydrogen) atoms. The van der Waals surface area contributed by atoms with Crippen LogP contribution < -0.4 is 0 Å². The summed E-state index contributed by atoms with van der Waals surface area (Å²) in [5.74, 6) is -0.368. The summed E-state index contributed by atoms with van der Waals surface area (Å²) in [4.78, 5) is 14.0. The Morgan fingerprint density at radius 3 is 2.40 bits per heavy atom. The summed E-state index contributed by atoms with van der Waals surface area (Å²) in [6, 6.07) is 11.6. The van der Waals surface area contributed by atoms with Gasteiger partial charge in [0, 0.05) is 22.5 Å². The monoisotopic (exact) mass is 399 g/mol. The van der Waals surface area contributed by atoms with Gasteiger partial charge in [-0.15, -0.1) is 0 Å². The topological polar surface area (TPSA) is 20.3 Å². The number of hydrogen-bond donors (Lipinski definition) is 0. The van der Waals surface area contributed by atoms with Crippen LogP contribution in [0, 0.1) is 5.82 Å². The first kappa shape index (κ1) is 15.2. The lowest BCUT2D eigenvalue weighted by molar-refractivity contribution is 0.0784. The minimum Gasteiger partial charge on any atom is -0.337 e. The highest BCUT2D eigenvalue weighted by molar-refractivity contribution is 9.11. The zero-order valence-corrected chi connectivity index (χ0v) is 13.9. The van der Waals surface area contributed by atoms with E-state index in [0.717, 1.165) is 14.5 Å². The molecular formula is C15H12Br2FNO. The van der Waals surface area contributed by atoms with Gasteiger partial charge in [-0.25, -0.2) is 4.39 Å². The molecule has 0 fully saturated rings. The molecule has 0 aromatic heterocycles. The molecule has 2 aromatic carbocycles. The van der Waals surface area contributed by atoms with Crippen molar-refractivity contribution in [3.8, 4) is 0 Å². The predicted molar refractivity (Wildman–Crippen MR) is 84.0 cm³/mol. The average Bonchev–Trinajstić information content (AvgIpc) is 2.40. The Bertz CT molecular complexity index is 628. The zero-order chi connectivity index (χ0) is 14.7. The highest BCUT2D eigenvalue weighted by atomic mass is 79.9. The van der Waals surface area contributed by atoms with Crippen molar-refractivity contribution in [2.24, 2.45) is 0 Å². The maximum atomic E-state index is 12.8. The van der Waals surface area contributed by atoms with Crippen LogP contribution in [-0.4, -0.2) is 17.9 Å². The Labute approximate surface area is 133 Å². The number of amides is 1. The normalized spacial score (nSPS) is 10.4. The van der Waals surface area contributed by atoms with Crippen LogP contribution in [-0.2, 0) is 6.54 Å². The highest BCUT2D eigenvalue weighted by Gasteiger charge is 2.15. The molecule has 0 aliphatic rings. The average molecular weight is 401 g/mol. The van der Waals surface area contributed by atoms with Crippen molar-refractivity contribution >= 4 is 37.8 Å². The lowest BCUT2D eigenvalue weighted by Crippen LogP contribution is -2.26. The van der Waals surface area contributed by atoms with E-state index in [9.17, 15) is 9.18 Å². The van der Waals surface area contributed by atoms with Crippen LogP contribution in [0.3, 0.4) is 0 Å². The zero-order valence-electron chi connectivity index (χ0n) is 10.7. The first-order chi connectivity index (χ1) is 9.47. The van der Waals surface area contributed by atoms with E-state index in [1.807, 2.05) is 12.1 Å². The predicted octanol–water partition coefficient (Wildman–Crippen LogP) is 4.62. The lowest BCUT2D eigenvalue weighted by Gasteiger charge is -2.18. The summed E-state index contributed by atoms with van der Waals surface area (Å²) in [5, 5.41) is 0. The number of hydrogen-bond acceptors (Lipinski definition) is 1. The summed E-state index contributed by atoms with van der Waals surface area (Å²) in [5.41, 5.74) is 1.48. The molecule has 2 aromatic rings. The molecule has 2 nitrogen and oxygen atoms in total. The molecule has 0 unspecified atom stereocenters.